The van der Waals surface area contributed by atoms with E-state index in [1.165, 1.54) is 29.7 Å². The Hall–Kier alpha value is -2.31. The molecule has 23 heavy (non-hydrogen) atoms. The number of aliphatic hydroxyl groups excluding tert-OH is 1. The number of fused-ring (bicyclic) bond motifs is 1. The molecule has 0 bridgehead atoms. The fourth-order valence-electron chi connectivity index (χ4n) is 2.79. The molecule has 2 aromatic rings. The van der Waals surface area contributed by atoms with Gasteiger partial charge in [0.15, 0.2) is 0 Å². The molecule has 0 fully saturated rings. The fourth-order valence-corrected chi connectivity index (χ4v) is 2.79. The van der Waals surface area contributed by atoms with Gasteiger partial charge in [-0.05, 0) is 17.5 Å². The van der Waals surface area contributed by atoms with E-state index in [0.717, 1.165) is 19.5 Å². The molecular weight excluding hydrogens is 292 g/mol. The van der Waals surface area contributed by atoms with Gasteiger partial charge in [-0.1, -0.05) is 24.3 Å². The SMILES string of the molecule is O=C(NC[C@@H](O)CN1CCc2ccccc2C1)c1cnccn1. The van der Waals surface area contributed by atoms with Gasteiger partial charge in [0.1, 0.15) is 5.69 Å². The normalized spacial score (nSPS) is 15.7. The number of rotatable bonds is 5. The summed E-state index contributed by atoms with van der Waals surface area (Å²) in [4.78, 5) is 21.9. The third kappa shape index (κ3) is 4.12. The van der Waals surface area contributed by atoms with Crippen LogP contribution in [0.2, 0.25) is 0 Å². The van der Waals surface area contributed by atoms with Crippen LogP contribution in [0.4, 0.5) is 0 Å². The van der Waals surface area contributed by atoms with Crippen molar-refractivity contribution in [3.05, 3.63) is 59.7 Å². The van der Waals surface area contributed by atoms with Crippen LogP contribution >= 0.6 is 0 Å². The Labute approximate surface area is 135 Å². The summed E-state index contributed by atoms with van der Waals surface area (Å²) in [5.74, 6) is -0.318. The van der Waals surface area contributed by atoms with E-state index in [2.05, 4.69) is 38.4 Å². The van der Waals surface area contributed by atoms with Crippen molar-refractivity contribution >= 4 is 5.91 Å². The summed E-state index contributed by atoms with van der Waals surface area (Å²) in [7, 11) is 0. The standard InChI is InChI=1S/C17H20N4O2/c22-15(9-20-17(23)16-10-18-6-7-19-16)12-21-8-5-13-3-1-2-4-14(13)11-21/h1-4,6-7,10,15,22H,5,8-9,11-12H2,(H,20,23)/t15-/m1/s1. The van der Waals surface area contributed by atoms with Gasteiger partial charge in [0.25, 0.3) is 5.91 Å². The second kappa shape index (κ2) is 7.30. The van der Waals surface area contributed by atoms with Crippen LogP contribution < -0.4 is 5.32 Å². The van der Waals surface area contributed by atoms with Gasteiger partial charge in [0.05, 0.1) is 12.3 Å². The first-order valence-electron chi connectivity index (χ1n) is 7.74. The summed E-state index contributed by atoms with van der Waals surface area (Å²) in [6.07, 6.45) is 4.77. The second-order valence-corrected chi connectivity index (χ2v) is 5.71. The maximum Gasteiger partial charge on any atom is 0.271 e. The predicted octanol–water partition coefficient (Wildman–Crippen LogP) is 0.626. The number of nitrogens with one attached hydrogen (secondary N) is 1. The van der Waals surface area contributed by atoms with Crippen LogP contribution in [0.25, 0.3) is 0 Å². The lowest BCUT2D eigenvalue weighted by Gasteiger charge is -2.30. The monoisotopic (exact) mass is 312 g/mol. The zero-order chi connectivity index (χ0) is 16.1. The van der Waals surface area contributed by atoms with Crippen LogP contribution in [0.5, 0.6) is 0 Å². The Morgan fingerprint density at radius 3 is 2.91 bits per heavy atom. The van der Waals surface area contributed by atoms with E-state index in [1.807, 2.05) is 6.07 Å². The first-order valence-corrected chi connectivity index (χ1v) is 7.74. The summed E-state index contributed by atoms with van der Waals surface area (Å²) >= 11 is 0. The van der Waals surface area contributed by atoms with Gasteiger partial charge in [-0.15, -0.1) is 0 Å². The van der Waals surface area contributed by atoms with Crippen LogP contribution in [0, 0.1) is 0 Å². The third-order valence-electron chi connectivity index (χ3n) is 3.97. The molecule has 2 N–H and O–H groups in total. The van der Waals surface area contributed by atoms with Crippen LogP contribution in [0.3, 0.4) is 0 Å². The maximum absolute atomic E-state index is 11.9. The molecule has 6 nitrogen and oxygen atoms in total. The minimum atomic E-state index is -0.610. The second-order valence-electron chi connectivity index (χ2n) is 5.71. The van der Waals surface area contributed by atoms with Crippen molar-refractivity contribution in [3.63, 3.8) is 0 Å². The van der Waals surface area contributed by atoms with E-state index in [4.69, 9.17) is 0 Å². The third-order valence-corrected chi connectivity index (χ3v) is 3.97. The fraction of sp³-hybridized carbons (Fsp3) is 0.353. The molecule has 0 aliphatic carbocycles. The van der Waals surface area contributed by atoms with Crippen molar-refractivity contribution in [2.45, 2.75) is 19.1 Å². The minimum absolute atomic E-state index is 0.202. The molecule has 2 heterocycles. The van der Waals surface area contributed by atoms with Crippen molar-refractivity contribution in [3.8, 4) is 0 Å². The number of aliphatic hydroxyl groups is 1. The predicted molar refractivity (Wildman–Crippen MR) is 85.8 cm³/mol. The molecule has 1 aromatic heterocycles. The van der Waals surface area contributed by atoms with Crippen LogP contribution in [0.15, 0.2) is 42.9 Å². The molecule has 6 heteroatoms. The van der Waals surface area contributed by atoms with Crippen molar-refractivity contribution in [1.29, 1.82) is 0 Å². The van der Waals surface area contributed by atoms with Crippen molar-refractivity contribution in [2.24, 2.45) is 0 Å². The molecule has 1 aromatic carbocycles. The molecule has 1 aliphatic heterocycles. The van der Waals surface area contributed by atoms with E-state index >= 15 is 0 Å². The van der Waals surface area contributed by atoms with Crippen LogP contribution in [-0.2, 0) is 13.0 Å². The van der Waals surface area contributed by atoms with Crippen molar-refractivity contribution < 1.29 is 9.90 Å². The summed E-state index contributed by atoms with van der Waals surface area (Å²) < 4.78 is 0. The quantitative estimate of drug-likeness (QED) is 0.846. The number of β-amino-alcohol motifs (C(OH)–C–C–N with tert-alkyl or cyclic N) is 1. The van der Waals surface area contributed by atoms with Crippen LogP contribution in [0.1, 0.15) is 21.6 Å². The van der Waals surface area contributed by atoms with Gasteiger partial charge in [0.2, 0.25) is 0 Å². The number of carbonyl (C=O) groups excluding carboxylic acids is 1. The van der Waals surface area contributed by atoms with E-state index < -0.39 is 6.10 Å². The Balaban J connectivity index is 1.47. The number of aromatic nitrogens is 2. The van der Waals surface area contributed by atoms with Gasteiger partial charge >= 0.3 is 0 Å². The van der Waals surface area contributed by atoms with E-state index in [0.29, 0.717) is 6.54 Å². The molecule has 0 saturated heterocycles. The number of nitrogens with zero attached hydrogens (tertiary/aromatic N) is 3. The lowest BCUT2D eigenvalue weighted by Crippen LogP contribution is -2.42. The number of carbonyl (C=O) groups is 1. The van der Waals surface area contributed by atoms with Crippen molar-refractivity contribution in [2.75, 3.05) is 19.6 Å². The highest BCUT2D eigenvalue weighted by molar-refractivity contribution is 5.91. The Bertz CT molecular complexity index is 663. The first kappa shape index (κ1) is 15.6. The molecule has 120 valence electrons. The van der Waals surface area contributed by atoms with Gasteiger partial charge in [-0.2, -0.15) is 0 Å². The Morgan fingerprint density at radius 2 is 2.13 bits per heavy atom. The van der Waals surface area contributed by atoms with Crippen molar-refractivity contribution in [1.82, 2.24) is 20.2 Å². The molecule has 0 saturated carbocycles. The summed E-state index contributed by atoms with van der Waals surface area (Å²) in [6, 6.07) is 8.39. The lowest BCUT2D eigenvalue weighted by atomic mass is 10.00. The molecule has 0 spiro atoms. The molecular formula is C17H20N4O2. The highest BCUT2D eigenvalue weighted by Crippen LogP contribution is 2.18. The lowest BCUT2D eigenvalue weighted by molar-refractivity contribution is 0.0837. The topological polar surface area (TPSA) is 78.4 Å². The highest BCUT2D eigenvalue weighted by atomic mass is 16.3. The van der Waals surface area contributed by atoms with Gasteiger partial charge in [-0.3, -0.25) is 14.7 Å². The number of amides is 1. The number of benzene rings is 1. The van der Waals surface area contributed by atoms with E-state index in [1.54, 1.807) is 0 Å². The number of hydrogen-bond donors (Lipinski definition) is 2. The molecule has 3 rings (SSSR count). The van der Waals surface area contributed by atoms with E-state index in [9.17, 15) is 9.90 Å². The average molecular weight is 312 g/mol. The number of hydrogen-bond acceptors (Lipinski definition) is 5. The van der Waals surface area contributed by atoms with E-state index in [-0.39, 0.29) is 18.1 Å². The van der Waals surface area contributed by atoms with Gasteiger partial charge in [0, 0.05) is 38.6 Å². The maximum atomic E-state index is 11.9. The molecule has 1 aliphatic rings. The molecule has 1 atom stereocenters. The Kier molecular flexibility index (Phi) is 4.95. The smallest absolute Gasteiger partial charge is 0.271 e. The molecule has 1 amide bonds. The summed E-state index contributed by atoms with van der Waals surface area (Å²) in [6.45, 7) is 2.50. The minimum Gasteiger partial charge on any atom is -0.390 e. The highest BCUT2D eigenvalue weighted by Gasteiger charge is 2.19. The van der Waals surface area contributed by atoms with Gasteiger partial charge in [-0.25, -0.2) is 4.98 Å². The first-order chi connectivity index (χ1) is 11.2. The largest absolute Gasteiger partial charge is 0.390 e. The zero-order valence-electron chi connectivity index (χ0n) is 12.9. The summed E-state index contributed by atoms with van der Waals surface area (Å²) in [5.41, 5.74) is 2.95. The van der Waals surface area contributed by atoms with Gasteiger partial charge < -0.3 is 10.4 Å². The Morgan fingerprint density at radius 1 is 1.30 bits per heavy atom. The van der Waals surface area contributed by atoms with Crippen LogP contribution in [-0.4, -0.2) is 51.6 Å². The molecule has 0 unspecified atom stereocenters. The zero-order valence-corrected chi connectivity index (χ0v) is 12.9. The molecule has 0 radical (unpaired) electrons. The average Bonchev–Trinajstić information content (AvgIpc) is 2.60. The summed E-state index contributed by atoms with van der Waals surface area (Å²) in [5, 5.41) is 12.8.